The van der Waals surface area contributed by atoms with Crippen LogP contribution in [0.2, 0.25) is 0 Å². The molecule has 0 saturated carbocycles. The van der Waals surface area contributed by atoms with Gasteiger partial charge in [0.15, 0.2) is 30.2 Å². The second kappa shape index (κ2) is 18.4. The SMILES string of the molecule is CC(=O)OC[C@H]1OC(C(OC(C)=O)C(=O)Cc2ccc(C(=O)OCc3ccccc3)c(OC(C)=O)c2)[C@H](OC(C)=O)[C@@H](OC(C)=O)[C@@H]1OC(C)=O. The van der Waals surface area contributed by atoms with E-state index in [9.17, 15) is 38.4 Å². The van der Waals surface area contributed by atoms with Crippen molar-refractivity contribution in [2.45, 2.75) is 91.2 Å². The highest BCUT2D eigenvalue weighted by molar-refractivity contribution is 5.94. The maximum absolute atomic E-state index is 14.0. The van der Waals surface area contributed by atoms with Crippen LogP contribution in [0.3, 0.4) is 0 Å². The van der Waals surface area contributed by atoms with Gasteiger partial charge in [-0.1, -0.05) is 36.4 Å². The first kappa shape index (κ1) is 39.8. The summed E-state index contributed by atoms with van der Waals surface area (Å²) in [6.45, 7) is 5.64. The molecule has 3 rings (SSSR count). The number of rotatable bonds is 14. The van der Waals surface area contributed by atoms with Gasteiger partial charge in [0.1, 0.15) is 36.7 Å². The monoisotopic (exact) mass is 714 g/mol. The highest BCUT2D eigenvalue weighted by Gasteiger charge is 2.56. The van der Waals surface area contributed by atoms with Crippen molar-refractivity contribution < 1.29 is 76.3 Å². The Kier molecular flexibility index (Phi) is 14.3. The zero-order valence-corrected chi connectivity index (χ0v) is 28.7. The maximum atomic E-state index is 14.0. The van der Waals surface area contributed by atoms with Crippen molar-refractivity contribution in [3.63, 3.8) is 0 Å². The molecule has 2 unspecified atom stereocenters. The molecule has 0 spiro atoms. The fourth-order valence-electron chi connectivity index (χ4n) is 5.19. The molecule has 0 bridgehead atoms. The molecule has 2 aromatic rings. The minimum Gasteiger partial charge on any atom is -0.463 e. The van der Waals surface area contributed by atoms with Gasteiger partial charge in [-0.05, 0) is 23.3 Å². The Morgan fingerprint density at radius 3 is 1.82 bits per heavy atom. The molecule has 16 nitrogen and oxygen atoms in total. The number of hydrogen-bond acceptors (Lipinski definition) is 16. The Hall–Kier alpha value is -5.64. The molecule has 0 aliphatic carbocycles. The van der Waals surface area contributed by atoms with Crippen molar-refractivity contribution in [1.29, 1.82) is 0 Å². The molecular weight excluding hydrogens is 676 g/mol. The van der Waals surface area contributed by atoms with Crippen LogP contribution in [0.1, 0.15) is 63.0 Å². The molecule has 6 atom stereocenters. The van der Waals surface area contributed by atoms with Gasteiger partial charge in [-0.15, -0.1) is 0 Å². The van der Waals surface area contributed by atoms with Crippen LogP contribution in [-0.2, 0) is 79.7 Å². The van der Waals surface area contributed by atoms with Crippen LogP contribution in [0, 0.1) is 0 Å². The minimum atomic E-state index is -1.87. The van der Waals surface area contributed by atoms with Gasteiger partial charge in [0.2, 0.25) is 0 Å². The van der Waals surface area contributed by atoms with Crippen molar-refractivity contribution in [2.24, 2.45) is 0 Å². The topological polar surface area (TPSA) is 210 Å². The van der Waals surface area contributed by atoms with Crippen molar-refractivity contribution in [2.75, 3.05) is 6.61 Å². The summed E-state index contributed by atoms with van der Waals surface area (Å²) in [5, 5.41) is 0. The number of ketones is 1. The molecule has 1 aliphatic rings. The lowest BCUT2D eigenvalue weighted by molar-refractivity contribution is -0.265. The molecular formula is C35H38O16. The first-order chi connectivity index (χ1) is 24.0. The standard InChI is InChI=1S/C35H38O16/c1-18(36)44-17-29-31(48-21(4)39)33(49-22(5)40)34(50-23(6)41)32(51-29)30(47-20(3)38)27(42)14-25-12-13-26(28(15-25)46-19(2)37)35(43)45-16-24-10-8-7-9-11-24/h7-13,15,29-34H,14,16-17H2,1-6H3/t29-,30?,31-,32?,33+,34+/m1/s1. The highest BCUT2D eigenvalue weighted by Crippen LogP contribution is 2.33. The van der Waals surface area contributed by atoms with Gasteiger partial charge in [-0.2, -0.15) is 0 Å². The number of ether oxygens (including phenoxy) is 8. The minimum absolute atomic E-state index is 0.0700. The summed E-state index contributed by atoms with van der Waals surface area (Å²) in [4.78, 5) is 99.5. The van der Waals surface area contributed by atoms with E-state index in [4.69, 9.17) is 37.9 Å². The van der Waals surface area contributed by atoms with Gasteiger partial charge in [0.05, 0.1) is 0 Å². The first-order valence-corrected chi connectivity index (χ1v) is 15.6. The Labute approximate surface area is 292 Å². The number of Topliss-reactive ketones (excluding diaryl/α,β-unsaturated/α-hetero) is 1. The predicted octanol–water partition coefficient (Wildman–Crippen LogP) is 2.14. The molecule has 0 amide bonds. The molecule has 2 aromatic carbocycles. The number of hydrogen-bond donors (Lipinski definition) is 0. The lowest BCUT2D eigenvalue weighted by Crippen LogP contribution is -2.66. The van der Waals surface area contributed by atoms with Gasteiger partial charge in [-0.3, -0.25) is 33.6 Å². The van der Waals surface area contributed by atoms with E-state index in [2.05, 4.69) is 0 Å². The van der Waals surface area contributed by atoms with Gasteiger partial charge in [0, 0.05) is 48.0 Å². The third-order valence-electron chi connectivity index (χ3n) is 7.05. The third-order valence-corrected chi connectivity index (χ3v) is 7.05. The molecule has 1 aliphatic heterocycles. The molecule has 1 fully saturated rings. The predicted molar refractivity (Wildman–Crippen MR) is 170 cm³/mol. The Balaban J connectivity index is 2.02. The molecule has 0 aromatic heterocycles. The number of esters is 7. The van der Waals surface area contributed by atoms with Crippen LogP contribution in [0.5, 0.6) is 5.75 Å². The summed E-state index contributed by atoms with van der Waals surface area (Å²) < 4.78 is 43.3. The summed E-state index contributed by atoms with van der Waals surface area (Å²) in [6, 6.07) is 12.7. The molecule has 51 heavy (non-hydrogen) atoms. The van der Waals surface area contributed by atoms with E-state index in [0.29, 0.717) is 5.56 Å². The second-order valence-corrected chi connectivity index (χ2v) is 11.3. The lowest BCUT2D eigenvalue weighted by Gasteiger charge is -2.45. The van der Waals surface area contributed by atoms with E-state index < -0.39 is 97.2 Å². The molecule has 16 heteroatoms. The highest BCUT2D eigenvalue weighted by atomic mass is 16.7. The second-order valence-electron chi connectivity index (χ2n) is 11.3. The molecule has 0 radical (unpaired) electrons. The fraction of sp³-hybridized carbons (Fsp3) is 0.429. The zero-order valence-electron chi connectivity index (χ0n) is 28.7. The Morgan fingerprint density at radius 1 is 0.647 bits per heavy atom. The average Bonchev–Trinajstić information content (AvgIpc) is 3.03. The van der Waals surface area contributed by atoms with Crippen molar-refractivity contribution >= 4 is 47.6 Å². The molecule has 0 N–H and O–H groups in total. The summed E-state index contributed by atoms with van der Waals surface area (Å²) in [7, 11) is 0. The summed E-state index contributed by atoms with van der Waals surface area (Å²) >= 11 is 0. The largest absolute Gasteiger partial charge is 0.463 e. The van der Waals surface area contributed by atoms with E-state index in [1.54, 1.807) is 30.3 Å². The zero-order chi connectivity index (χ0) is 37.8. The van der Waals surface area contributed by atoms with Crippen LogP contribution in [0.4, 0.5) is 0 Å². The molecule has 1 saturated heterocycles. The third kappa shape index (κ3) is 12.0. The van der Waals surface area contributed by atoms with Gasteiger partial charge in [0.25, 0.3) is 0 Å². The van der Waals surface area contributed by atoms with E-state index in [1.165, 1.54) is 18.2 Å². The van der Waals surface area contributed by atoms with Crippen LogP contribution in [-0.4, -0.2) is 90.8 Å². The number of carbonyl (C=O) groups excluding carboxylic acids is 8. The summed E-state index contributed by atoms with van der Waals surface area (Å²) in [6.07, 6.45) is -10.4. The van der Waals surface area contributed by atoms with E-state index in [1.807, 2.05) is 0 Å². The lowest BCUT2D eigenvalue weighted by atomic mass is 9.88. The number of benzene rings is 2. The average molecular weight is 715 g/mol. The smallest absolute Gasteiger partial charge is 0.342 e. The van der Waals surface area contributed by atoms with E-state index in [0.717, 1.165) is 41.5 Å². The first-order valence-electron chi connectivity index (χ1n) is 15.6. The van der Waals surface area contributed by atoms with Crippen LogP contribution in [0.25, 0.3) is 0 Å². The number of carbonyl (C=O) groups is 8. The van der Waals surface area contributed by atoms with E-state index >= 15 is 0 Å². The Morgan fingerprint density at radius 2 is 1.25 bits per heavy atom. The fourth-order valence-corrected chi connectivity index (χ4v) is 5.19. The molecule has 274 valence electrons. The van der Waals surface area contributed by atoms with Crippen LogP contribution < -0.4 is 4.74 Å². The van der Waals surface area contributed by atoms with E-state index in [-0.39, 0.29) is 23.5 Å². The van der Waals surface area contributed by atoms with Crippen molar-refractivity contribution in [1.82, 2.24) is 0 Å². The van der Waals surface area contributed by atoms with Crippen molar-refractivity contribution in [3.8, 4) is 5.75 Å². The summed E-state index contributed by atoms with van der Waals surface area (Å²) in [5.74, 6) is -7.07. The quantitative estimate of drug-likeness (QED) is 0.156. The summed E-state index contributed by atoms with van der Waals surface area (Å²) in [5.41, 5.74) is 0.771. The normalized spacial score (nSPS) is 20.1. The maximum Gasteiger partial charge on any atom is 0.342 e. The van der Waals surface area contributed by atoms with Gasteiger partial charge < -0.3 is 37.9 Å². The van der Waals surface area contributed by atoms with Crippen LogP contribution in [0.15, 0.2) is 48.5 Å². The van der Waals surface area contributed by atoms with Crippen molar-refractivity contribution in [3.05, 3.63) is 65.2 Å². The van der Waals surface area contributed by atoms with Crippen LogP contribution >= 0.6 is 0 Å². The van der Waals surface area contributed by atoms with Gasteiger partial charge in [-0.25, -0.2) is 4.79 Å². The molecule has 1 heterocycles. The Bertz CT molecular complexity index is 1630. The van der Waals surface area contributed by atoms with Gasteiger partial charge >= 0.3 is 41.8 Å².